The summed E-state index contributed by atoms with van der Waals surface area (Å²) in [6.45, 7) is 2.94. The van der Waals surface area contributed by atoms with Gasteiger partial charge in [0.1, 0.15) is 0 Å². The van der Waals surface area contributed by atoms with E-state index in [4.69, 9.17) is 5.73 Å². The first-order valence-electron chi connectivity index (χ1n) is 6.16. The molecule has 1 aromatic heterocycles. The smallest absolute Gasteiger partial charge is 0.0645 e. The molecular weight excluding hydrogens is 242 g/mol. The van der Waals surface area contributed by atoms with Crippen LogP contribution in [0.5, 0.6) is 0 Å². The van der Waals surface area contributed by atoms with E-state index in [-0.39, 0.29) is 0 Å². The number of para-hydroxylation sites is 1. The van der Waals surface area contributed by atoms with Crippen molar-refractivity contribution in [3.63, 3.8) is 0 Å². The molecule has 0 saturated heterocycles. The minimum atomic E-state index is 0.583. The van der Waals surface area contributed by atoms with Crippen LogP contribution in [0, 0.1) is 5.92 Å². The highest BCUT2D eigenvalue weighted by molar-refractivity contribution is 7.98. The summed E-state index contributed by atoms with van der Waals surface area (Å²) in [6.07, 6.45) is 4.03. The molecule has 0 amide bonds. The molecule has 0 bridgehead atoms. The molecule has 0 aliphatic rings. The molecule has 18 heavy (non-hydrogen) atoms. The molecule has 2 rings (SSSR count). The molecule has 3 nitrogen and oxygen atoms in total. The third-order valence-electron chi connectivity index (χ3n) is 2.73. The van der Waals surface area contributed by atoms with Crippen LogP contribution in [-0.4, -0.2) is 22.1 Å². The van der Waals surface area contributed by atoms with Gasteiger partial charge in [-0.3, -0.25) is 0 Å². The fourth-order valence-electron chi connectivity index (χ4n) is 1.60. The molecule has 0 radical (unpaired) electrons. The molecule has 1 heterocycles. The van der Waals surface area contributed by atoms with Gasteiger partial charge in [-0.1, -0.05) is 25.1 Å². The molecule has 0 saturated carbocycles. The van der Waals surface area contributed by atoms with Crippen LogP contribution in [0.25, 0.3) is 5.69 Å². The maximum Gasteiger partial charge on any atom is 0.0645 e. The lowest BCUT2D eigenvalue weighted by Crippen LogP contribution is -2.12. The Morgan fingerprint density at radius 1 is 1.33 bits per heavy atom. The lowest BCUT2D eigenvalue weighted by molar-refractivity contribution is 0.675. The quantitative estimate of drug-likeness (QED) is 0.869. The van der Waals surface area contributed by atoms with Gasteiger partial charge in [0.05, 0.1) is 11.9 Å². The molecule has 96 valence electrons. The van der Waals surface area contributed by atoms with Gasteiger partial charge in [-0.15, -0.1) is 0 Å². The predicted octanol–water partition coefficient (Wildman–Crippen LogP) is 2.70. The number of benzene rings is 1. The largest absolute Gasteiger partial charge is 0.330 e. The molecule has 4 heteroatoms. The van der Waals surface area contributed by atoms with Crippen molar-refractivity contribution in [1.29, 1.82) is 0 Å². The second-order valence-corrected chi connectivity index (χ2v) is 5.51. The Bertz CT molecular complexity index is 467. The van der Waals surface area contributed by atoms with E-state index in [2.05, 4.69) is 30.4 Å². The first-order valence-corrected chi connectivity index (χ1v) is 7.32. The van der Waals surface area contributed by atoms with E-state index in [9.17, 15) is 0 Å². The van der Waals surface area contributed by atoms with Crippen molar-refractivity contribution in [2.24, 2.45) is 11.7 Å². The second-order valence-electron chi connectivity index (χ2n) is 4.48. The normalized spacial score (nSPS) is 12.6. The number of aromatic nitrogens is 2. The molecule has 1 atom stereocenters. The van der Waals surface area contributed by atoms with Crippen LogP contribution >= 0.6 is 11.8 Å². The van der Waals surface area contributed by atoms with Crippen molar-refractivity contribution in [3.05, 3.63) is 48.3 Å². The molecule has 0 spiro atoms. The van der Waals surface area contributed by atoms with E-state index >= 15 is 0 Å². The van der Waals surface area contributed by atoms with Crippen molar-refractivity contribution in [1.82, 2.24) is 9.78 Å². The average Bonchev–Trinajstić information content (AvgIpc) is 2.88. The topological polar surface area (TPSA) is 43.8 Å². The van der Waals surface area contributed by atoms with E-state index in [1.165, 1.54) is 5.56 Å². The lowest BCUT2D eigenvalue weighted by atomic mass is 10.2. The first kappa shape index (κ1) is 13.2. The summed E-state index contributed by atoms with van der Waals surface area (Å²) in [7, 11) is 0. The predicted molar refractivity (Wildman–Crippen MR) is 77.9 cm³/mol. The Balaban J connectivity index is 1.91. The summed E-state index contributed by atoms with van der Waals surface area (Å²) < 4.78 is 1.92. The Morgan fingerprint density at radius 2 is 2.11 bits per heavy atom. The van der Waals surface area contributed by atoms with Crippen LogP contribution in [0.4, 0.5) is 0 Å². The number of nitrogens with two attached hydrogens (primary N) is 1. The SMILES string of the molecule is CC(CN)CSCc1cnn(-c2ccccc2)c1. The van der Waals surface area contributed by atoms with Gasteiger partial charge in [0, 0.05) is 17.5 Å². The lowest BCUT2D eigenvalue weighted by Gasteiger charge is -2.06. The molecule has 0 fully saturated rings. The van der Waals surface area contributed by atoms with Gasteiger partial charge in [0.2, 0.25) is 0 Å². The maximum atomic E-state index is 5.60. The fraction of sp³-hybridized carbons (Fsp3) is 0.357. The van der Waals surface area contributed by atoms with Crippen molar-refractivity contribution in [2.75, 3.05) is 12.3 Å². The van der Waals surface area contributed by atoms with Crippen molar-refractivity contribution in [2.45, 2.75) is 12.7 Å². The summed E-state index contributed by atoms with van der Waals surface area (Å²) in [5.41, 5.74) is 7.96. The van der Waals surface area contributed by atoms with Gasteiger partial charge < -0.3 is 5.73 Å². The maximum absolute atomic E-state index is 5.60. The Kier molecular flexibility index (Phi) is 4.84. The average molecular weight is 261 g/mol. The van der Waals surface area contributed by atoms with E-state index in [0.717, 1.165) is 23.7 Å². The molecule has 0 aliphatic carbocycles. The number of hydrogen-bond donors (Lipinski definition) is 1. The zero-order valence-corrected chi connectivity index (χ0v) is 11.4. The summed E-state index contributed by atoms with van der Waals surface area (Å²) in [6, 6.07) is 10.2. The van der Waals surface area contributed by atoms with E-state index in [1.54, 1.807) is 0 Å². The highest BCUT2D eigenvalue weighted by Crippen LogP contribution is 2.16. The van der Waals surface area contributed by atoms with Gasteiger partial charge in [-0.2, -0.15) is 16.9 Å². The fourth-order valence-corrected chi connectivity index (χ4v) is 2.64. The van der Waals surface area contributed by atoms with Crippen molar-refractivity contribution < 1.29 is 0 Å². The van der Waals surface area contributed by atoms with E-state index in [1.807, 2.05) is 40.8 Å². The van der Waals surface area contributed by atoms with E-state index < -0.39 is 0 Å². The number of thioether (sulfide) groups is 1. The van der Waals surface area contributed by atoms with Gasteiger partial charge in [0.25, 0.3) is 0 Å². The Labute approximate surface area is 112 Å². The summed E-state index contributed by atoms with van der Waals surface area (Å²) >= 11 is 1.91. The third-order valence-corrected chi connectivity index (χ3v) is 4.07. The molecular formula is C14H19N3S. The molecule has 2 N–H and O–H groups in total. The van der Waals surface area contributed by atoms with Crippen LogP contribution < -0.4 is 5.73 Å². The van der Waals surface area contributed by atoms with Crippen LogP contribution in [-0.2, 0) is 5.75 Å². The van der Waals surface area contributed by atoms with E-state index in [0.29, 0.717) is 5.92 Å². The number of hydrogen-bond acceptors (Lipinski definition) is 3. The second kappa shape index (κ2) is 6.61. The number of rotatable bonds is 6. The highest BCUT2D eigenvalue weighted by atomic mass is 32.2. The molecule has 1 unspecified atom stereocenters. The standard InChI is InChI=1S/C14H19N3S/c1-12(7-15)10-18-11-13-8-16-17(9-13)14-5-3-2-4-6-14/h2-6,8-9,12H,7,10-11,15H2,1H3. The monoisotopic (exact) mass is 261 g/mol. The van der Waals surface area contributed by atoms with Gasteiger partial charge in [0.15, 0.2) is 0 Å². The third kappa shape index (κ3) is 3.62. The van der Waals surface area contributed by atoms with Crippen LogP contribution in [0.3, 0.4) is 0 Å². The Morgan fingerprint density at radius 3 is 2.83 bits per heavy atom. The summed E-state index contributed by atoms with van der Waals surface area (Å²) in [5, 5.41) is 4.38. The summed E-state index contributed by atoms with van der Waals surface area (Å²) in [4.78, 5) is 0. The van der Waals surface area contributed by atoms with Gasteiger partial charge in [-0.25, -0.2) is 4.68 Å². The zero-order chi connectivity index (χ0) is 12.8. The molecule has 2 aromatic rings. The van der Waals surface area contributed by atoms with Gasteiger partial charge >= 0.3 is 0 Å². The Hall–Kier alpha value is -1.26. The van der Waals surface area contributed by atoms with Crippen LogP contribution in [0.2, 0.25) is 0 Å². The van der Waals surface area contributed by atoms with Crippen molar-refractivity contribution in [3.8, 4) is 5.69 Å². The first-order chi connectivity index (χ1) is 8.79. The zero-order valence-electron chi connectivity index (χ0n) is 10.6. The summed E-state index contributed by atoms with van der Waals surface area (Å²) in [5.74, 6) is 2.68. The highest BCUT2D eigenvalue weighted by Gasteiger charge is 2.03. The van der Waals surface area contributed by atoms with Gasteiger partial charge in [-0.05, 0) is 30.3 Å². The minimum Gasteiger partial charge on any atom is -0.330 e. The van der Waals surface area contributed by atoms with Crippen molar-refractivity contribution >= 4 is 11.8 Å². The minimum absolute atomic E-state index is 0.583. The molecule has 0 aliphatic heterocycles. The number of nitrogens with zero attached hydrogens (tertiary/aromatic N) is 2. The molecule has 1 aromatic carbocycles. The van der Waals surface area contributed by atoms with Crippen LogP contribution in [0.1, 0.15) is 12.5 Å². The van der Waals surface area contributed by atoms with Crippen LogP contribution in [0.15, 0.2) is 42.7 Å².